The summed E-state index contributed by atoms with van der Waals surface area (Å²) in [7, 11) is 3.02. The van der Waals surface area contributed by atoms with E-state index in [-0.39, 0.29) is 17.9 Å². The molecule has 1 aliphatic heterocycles. The Kier molecular flexibility index (Phi) is 8.12. The molecule has 2 aromatic carbocycles. The highest BCUT2D eigenvalue weighted by atomic mass is 16.5. The second kappa shape index (κ2) is 11.6. The fourth-order valence-corrected chi connectivity index (χ4v) is 4.49. The number of rotatable bonds is 11. The van der Waals surface area contributed by atoms with Crippen LogP contribution in [-0.2, 0) is 16.1 Å². The lowest BCUT2D eigenvalue weighted by molar-refractivity contribution is -0.140. The van der Waals surface area contributed by atoms with Crippen LogP contribution < -0.4 is 14.2 Å². The van der Waals surface area contributed by atoms with Crippen molar-refractivity contribution in [3.8, 4) is 17.2 Å². The van der Waals surface area contributed by atoms with Gasteiger partial charge in [-0.1, -0.05) is 19.1 Å². The highest BCUT2D eigenvalue weighted by Gasteiger charge is 2.47. The topological polar surface area (TPSA) is 103 Å². The van der Waals surface area contributed by atoms with Crippen molar-refractivity contribution in [1.29, 1.82) is 0 Å². The molecule has 1 fully saturated rings. The fourth-order valence-electron chi connectivity index (χ4n) is 4.49. The number of carbonyl (C=O) groups is 2. The molecule has 1 N–H and O–H groups in total. The van der Waals surface area contributed by atoms with E-state index >= 15 is 0 Å². The highest BCUT2D eigenvalue weighted by molar-refractivity contribution is 6.46. The number of hydrogen-bond donors (Lipinski definition) is 1. The molecule has 4 rings (SSSR count). The molecule has 3 aromatic rings. The number of hydrogen-bond acceptors (Lipinski definition) is 7. The van der Waals surface area contributed by atoms with Crippen molar-refractivity contribution in [2.75, 3.05) is 27.4 Å². The Bertz CT molecular complexity index is 1270. The Morgan fingerprint density at radius 3 is 2.49 bits per heavy atom. The van der Waals surface area contributed by atoms with E-state index in [0.29, 0.717) is 47.9 Å². The maximum absolute atomic E-state index is 13.3. The smallest absolute Gasteiger partial charge is 0.295 e. The van der Waals surface area contributed by atoms with Gasteiger partial charge in [0, 0.05) is 36.6 Å². The van der Waals surface area contributed by atoms with E-state index in [1.807, 2.05) is 17.7 Å². The molecule has 194 valence electrons. The van der Waals surface area contributed by atoms with Crippen molar-refractivity contribution in [3.63, 3.8) is 0 Å². The number of Topliss-reactive ketones (excluding diaryl/α,β-unsaturated/α-hetero) is 1. The SMILES string of the molecule is CCCOc1ccc(C(O)=C2C(=O)C(=O)N(CCCn3ccnc3)[C@H]2c2cccc(OC)c2OC)cc1. The molecule has 9 heteroatoms. The second-order valence-electron chi connectivity index (χ2n) is 8.60. The Morgan fingerprint density at radius 1 is 1.05 bits per heavy atom. The van der Waals surface area contributed by atoms with Crippen molar-refractivity contribution in [1.82, 2.24) is 14.5 Å². The van der Waals surface area contributed by atoms with Gasteiger partial charge in [0.25, 0.3) is 11.7 Å². The zero-order valence-corrected chi connectivity index (χ0v) is 21.2. The molecule has 9 nitrogen and oxygen atoms in total. The van der Waals surface area contributed by atoms with Crippen molar-refractivity contribution in [3.05, 3.63) is 77.9 Å². The highest BCUT2D eigenvalue weighted by Crippen LogP contribution is 2.45. The van der Waals surface area contributed by atoms with Gasteiger partial charge in [-0.3, -0.25) is 9.59 Å². The van der Waals surface area contributed by atoms with Crippen molar-refractivity contribution in [2.45, 2.75) is 32.4 Å². The van der Waals surface area contributed by atoms with E-state index in [1.165, 1.54) is 19.1 Å². The van der Waals surface area contributed by atoms with Crippen LogP contribution in [0.2, 0.25) is 0 Å². The predicted octanol–water partition coefficient (Wildman–Crippen LogP) is 4.20. The summed E-state index contributed by atoms with van der Waals surface area (Å²) in [6, 6.07) is 11.2. The number of likely N-dealkylation sites (tertiary alicyclic amines) is 1. The lowest BCUT2D eigenvalue weighted by atomic mass is 9.94. The molecule has 0 bridgehead atoms. The molecule has 2 heterocycles. The van der Waals surface area contributed by atoms with Gasteiger partial charge in [0.05, 0.1) is 38.8 Å². The van der Waals surface area contributed by atoms with E-state index in [4.69, 9.17) is 14.2 Å². The first-order valence-electron chi connectivity index (χ1n) is 12.2. The molecule has 1 saturated heterocycles. The number of nitrogens with zero attached hydrogens (tertiary/aromatic N) is 3. The molecule has 1 amide bonds. The van der Waals surface area contributed by atoms with Gasteiger partial charge in [-0.05, 0) is 43.2 Å². The molecule has 0 spiro atoms. The molecular weight excluding hydrogens is 474 g/mol. The maximum Gasteiger partial charge on any atom is 0.295 e. The zero-order chi connectivity index (χ0) is 26.4. The molecule has 0 radical (unpaired) electrons. The van der Waals surface area contributed by atoms with E-state index in [9.17, 15) is 14.7 Å². The van der Waals surface area contributed by atoms with Crippen molar-refractivity contribution >= 4 is 17.4 Å². The van der Waals surface area contributed by atoms with Crippen LogP contribution in [0.25, 0.3) is 5.76 Å². The third kappa shape index (κ3) is 5.30. The summed E-state index contributed by atoms with van der Waals surface area (Å²) < 4.78 is 18.6. The quantitative estimate of drug-likeness (QED) is 0.237. The fraction of sp³-hybridized carbons (Fsp3) is 0.321. The third-order valence-corrected chi connectivity index (χ3v) is 6.24. The number of aromatic nitrogens is 2. The van der Waals surface area contributed by atoms with Crippen LogP contribution in [0.1, 0.15) is 36.9 Å². The van der Waals surface area contributed by atoms with Crippen LogP contribution in [0.15, 0.2) is 66.8 Å². The molecule has 0 unspecified atom stereocenters. The minimum atomic E-state index is -0.858. The van der Waals surface area contributed by atoms with Gasteiger partial charge in [0.1, 0.15) is 11.5 Å². The van der Waals surface area contributed by atoms with Crippen LogP contribution in [-0.4, -0.2) is 58.6 Å². The first-order chi connectivity index (χ1) is 18.0. The predicted molar refractivity (Wildman–Crippen MR) is 138 cm³/mol. The van der Waals surface area contributed by atoms with Crippen LogP contribution in [0.3, 0.4) is 0 Å². The Morgan fingerprint density at radius 2 is 1.84 bits per heavy atom. The molecule has 1 aliphatic rings. The minimum Gasteiger partial charge on any atom is -0.507 e. The lowest BCUT2D eigenvalue weighted by Crippen LogP contribution is -2.31. The van der Waals surface area contributed by atoms with E-state index in [2.05, 4.69) is 4.98 Å². The van der Waals surface area contributed by atoms with Gasteiger partial charge in [-0.2, -0.15) is 0 Å². The largest absolute Gasteiger partial charge is 0.507 e. The second-order valence-corrected chi connectivity index (χ2v) is 8.60. The minimum absolute atomic E-state index is 0.00131. The number of methoxy groups -OCH3 is 2. The number of benzene rings is 2. The number of imidazole rings is 1. The number of ketones is 1. The van der Waals surface area contributed by atoms with Crippen LogP contribution in [0, 0.1) is 0 Å². The number of aliphatic hydroxyl groups excluding tert-OH is 1. The number of carbonyl (C=O) groups excluding carboxylic acids is 2. The molecule has 1 atom stereocenters. The first-order valence-corrected chi connectivity index (χ1v) is 12.2. The summed E-state index contributed by atoms with van der Waals surface area (Å²) in [5.74, 6) is -0.171. The average molecular weight is 506 g/mol. The third-order valence-electron chi connectivity index (χ3n) is 6.24. The van der Waals surface area contributed by atoms with Gasteiger partial charge >= 0.3 is 0 Å². The normalized spacial score (nSPS) is 16.7. The van der Waals surface area contributed by atoms with Gasteiger partial charge < -0.3 is 28.8 Å². The summed E-state index contributed by atoms with van der Waals surface area (Å²) in [6.45, 7) is 3.49. The van der Waals surface area contributed by atoms with Crippen molar-refractivity contribution < 1.29 is 28.9 Å². The van der Waals surface area contributed by atoms with Gasteiger partial charge in [-0.25, -0.2) is 4.98 Å². The number of aryl methyl sites for hydroxylation is 1. The van der Waals surface area contributed by atoms with Crippen molar-refractivity contribution in [2.24, 2.45) is 0 Å². The van der Waals surface area contributed by atoms with Gasteiger partial charge in [-0.15, -0.1) is 0 Å². The molecule has 0 aliphatic carbocycles. The summed E-state index contributed by atoms with van der Waals surface area (Å²) in [4.78, 5) is 32.2. The molecule has 37 heavy (non-hydrogen) atoms. The standard InChI is InChI=1S/C28H31N3O6/c1-4-17-37-20-11-9-19(10-12-20)25(32)23-24(21-7-5-8-22(35-2)27(21)36-3)31(28(34)26(23)33)15-6-14-30-16-13-29-18-30/h5,7-13,16,18,24,32H,4,6,14-15,17H2,1-3H3/t24-/m0/s1. The number of amides is 1. The summed E-state index contributed by atoms with van der Waals surface area (Å²) in [6.07, 6.45) is 6.67. The number of para-hydroxylation sites is 1. The van der Waals surface area contributed by atoms with Crippen LogP contribution >= 0.6 is 0 Å². The molecule has 1 aromatic heterocycles. The first kappa shape index (κ1) is 25.8. The monoisotopic (exact) mass is 505 g/mol. The maximum atomic E-state index is 13.3. The van der Waals surface area contributed by atoms with Crippen LogP contribution in [0.4, 0.5) is 0 Å². The summed E-state index contributed by atoms with van der Waals surface area (Å²) >= 11 is 0. The van der Waals surface area contributed by atoms with E-state index in [1.54, 1.807) is 55.0 Å². The van der Waals surface area contributed by atoms with Gasteiger partial charge in [0.2, 0.25) is 0 Å². The Hall–Kier alpha value is -4.27. The molecule has 0 saturated carbocycles. The van der Waals surface area contributed by atoms with Crippen LogP contribution in [0.5, 0.6) is 17.2 Å². The van der Waals surface area contributed by atoms with E-state index in [0.717, 1.165) is 6.42 Å². The molecular formula is C28H31N3O6. The Balaban J connectivity index is 1.77. The summed E-state index contributed by atoms with van der Waals surface area (Å²) in [5.41, 5.74) is 0.960. The zero-order valence-electron chi connectivity index (χ0n) is 21.2. The van der Waals surface area contributed by atoms with Gasteiger partial charge in [0.15, 0.2) is 11.5 Å². The number of aliphatic hydroxyl groups is 1. The van der Waals surface area contributed by atoms with E-state index < -0.39 is 17.7 Å². The Labute approximate surface area is 215 Å². The lowest BCUT2D eigenvalue weighted by Gasteiger charge is -2.27. The summed E-state index contributed by atoms with van der Waals surface area (Å²) in [5, 5.41) is 11.3. The average Bonchev–Trinajstić information content (AvgIpc) is 3.53. The number of ether oxygens (including phenoxy) is 3.